The number of allylic oxidation sites excluding steroid dienone is 1. The molecular formula is C15H21NO. The molecule has 1 heterocycles. The molecule has 0 bridgehead atoms. The van der Waals surface area contributed by atoms with Crippen molar-refractivity contribution in [1.29, 1.82) is 0 Å². The quantitative estimate of drug-likeness (QED) is 0.787. The van der Waals surface area contributed by atoms with Crippen LogP contribution in [0.1, 0.15) is 18.4 Å². The maximum atomic E-state index is 5.94. The highest BCUT2D eigenvalue weighted by molar-refractivity contribution is 5.34. The summed E-state index contributed by atoms with van der Waals surface area (Å²) in [6.07, 6.45) is 5.34. The van der Waals surface area contributed by atoms with Crippen LogP contribution >= 0.6 is 0 Å². The fourth-order valence-electron chi connectivity index (χ4n) is 2.24. The van der Waals surface area contributed by atoms with E-state index in [4.69, 9.17) is 4.74 Å². The Morgan fingerprint density at radius 3 is 3.06 bits per heavy atom. The molecule has 1 atom stereocenters. The minimum atomic E-state index is 0.653. The van der Waals surface area contributed by atoms with Gasteiger partial charge in [0, 0.05) is 12.5 Å². The monoisotopic (exact) mass is 231 g/mol. The van der Waals surface area contributed by atoms with Crippen LogP contribution in [0, 0.1) is 5.92 Å². The van der Waals surface area contributed by atoms with E-state index >= 15 is 0 Å². The van der Waals surface area contributed by atoms with Gasteiger partial charge >= 0.3 is 0 Å². The Morgan fingerprint density at radius 2 is 2.29 bits per heavy atom. The van der Waals surface area contributed by atoms with Gasteiger partial charge in [0.1, 0.15) is 5.75 Å². The maximum Gasteiger partial charge on any atom is 0.122 e. The fraction of sp³-hybridized carbons (Fsp3) is 0.467. The Hall–Kier alpha value is -1.28. The van der Waals surface area contributed by atoms with Crippen molar-refractivity contribution < 1.29 is 4.74 Å². The normalized spacial score (nSPS) is 19.9. The summed E-state index contributed by atoms with van der Waals surface area (Å²) < 4.78 is 5.94. The summed E-state index contributed by atoms with van der Waals surface area (Å²) in [5.41, 5.74) is 1.23. The van der Waals surface area contributed by atoms with Crippen molar-refractivity contribution in [2.75, 3.05) is 19.7 Å². The van der Waals surface area contributed by atoms with E-state index in [1.807, 2.05) is 18.2 Å². The third-order valence-electron chi connectivity index (χ3n) is 3.21. The van der Waals surface area contributed by atoms with Crippen molar-refractivity contribution in [2.24, 2.45) is 5.92 Å². The van der Waals surface area contributed by atoms with E-state index in [9.17, 15) is 0 Å². The predicted molar refractivity (Wildman–Crippen MR) is 71.4 cm³/mol. The lowest BCUT2D eigenvalue weighted by Gasteiger charge is -2.23. The third-order valence-corrected chi connectivity index (χ3v) is 3.21. The molecule has 0 aromatic heterocycles. The number of ether oxygens (including phenoxy) is 1. The molecule has 0 radical (unpaired) electrons. The molecule has 1 aromatic carbocycles. The number of piperidine rings is 1. The van der Waals surface area contributed by atoms with E-state index in [0.29, 0.717) is 5.92 Å². The summed E-state index contributed by atoms with van der Waals surface area (Å²) in [7, 11) is 0. The molecule has 1 aromatic rings. The highest BCUT2D eigenvalue weighted by atomic mass is 16.5. The first kappa shape index (κ1) is 12.2. The van der Waals surface area contributed by atoms with E-state index in [1.165, 1.54) is 18.4 Å². The second-order valence-electron chi connectivity index (χ2n) is 4.62. The zero-order valence-corrected chi connectivity index (χ0v) is 10.3. The highest BCUT2D eigenvalue weighted by Gasteiger charge is 2.14. The van der Waals surface area contributed by atoms with Gasteiger partial charge < -0.3 is 10.1 Å². The fourth-order valence-corrected chi connectivity index (χ4v) is 2.24. The molecule has 2 nitrogen and oxygen atoms in total. The lowest BCUT2D eigenvalue weighted by molar-refractivity contribution is 0.217. The van der Waals surface area contributed by atoms with Gasteiger partial charge in [0.15, 0.2) is 0 Å². The first-order chi connectivity index (χ1) is 8.40. The Balaban J connectivity index is 1.90. The molecule has 1 N–H and O–H groups in total. The number of benzene rings is 1. The topological polar surface area (TPSA) is 21.3 Å². The lowest BCUT2D eigenvalue weighted by Crippen LogP contribution is -2.33. The van der Waals surface area contributed by atoms with Crippen molar-refractivity contribution in [3.05, 3.63) is 42.5 Å². The number of rotatable bonds is 5. The molecule has 0 unspecified atom stereocenters. The van der Waals surface area contributed by atoms with Crippen LogP contribution in [0.5, 0.6) is 5.75 Å². The summed E-state index contributed by atoms with van der Waals surface area (Å²) in [6, 6.07) is 8.24. The van der Waals surface area contributed by atoms with Crippen LogP contribution < -0.4 is 10.1 Å². The minimum Gasteiger partial charge on any atom is -0.493 e. The Bertz CT molecular complexity index is 356. The molecular weight excluding hydrogens is 210 g/mol. The van der Waals surface area contributed by atoms with Crippen molar-refractivity contribution in [1.82, 2.24) is 5.32 Å². The van der Waals surface area contributed by atoms with Gasteiger partial charge in [0.2, 0.25) is 0 Å². The molecule has 0 spiro atoms. The van der Waals surface area contributed by atoms with E-state index in [1.54, 1.807) is 0 Å². The van der Waals surface area contributed by atoms with Crippen LogP contribution in [-0.4, -0.2) is 19.7 Å². The number of nitrogens with one attached hydrogen (secondary N) is 1. The lowest BCUT2D eigenvalue weighted by atomic mass is 10.0. The first-order valence-corrected chi connectivity index (χ1v) is 6.42. The molecule has 0 aliphatic carbocycles. The van der Waals surface area contributed by atoms with Crippen molar-refractivity contribution in [3.63, 3.8) is 0 Å². The maximum absolute atomic E-state index is 5.94. The van der Waals surface area contributed by atoms with Crippen molar-refractivity contribution in [2.45, 2.75) is 19.3 Å². The van der Waals surface area contributed by atoms with Gasteiger partial charge in [0.05, 0.1) is 6.61 Å². The van der Waals surface area contributed by atoms with Gasteiger partial charge in [-0.25, -0.2) is 0 Å². The highest BCUT2D eigenvalue weighted by Crippen LogP contribution is 2.20. The molecule has 1 saturated heterocycles. The van der Waals surface area contributed by atoms with E-state index in [0.717, 1.165) is 31.9 Å². The Morgan fingerprint density at radius 1 is 1.41 bits per heavy atom. The van der Waals surface area contributed by atoms with E-state index in [2.05, 4.69) is 24.0 Å². The van der Waals surface area contributed by atoms with Crippen LogP contribution in [0.3, 0.4) is 0 Å². The van der Waals surface area contributed by atoms with Crippen LogP contribution in [0.25, 0.3) is 0 Å². The molecule has 1 fully saturated rings. The molecule has 0 saturated carbocycles. The smallest absolute Gasteiger partial charge is 0.122 e. The van der Waals surface area contributed by atoms with Crippen molar-refractivity contribution in [3.8, 4) is 5.75 Å². The van der Waals surface area contributed by atoms with Gasteiger partial charge in [0.25, 0.3) is 0 Å². The van der Waals surface area contributed by atoms with Crippen molar-refractivity contribution >= 4 is 0 Å². The molecule has 1 aliphatic heterocycles. The number of hydrogen-bond acceptors (Lipinski definition) is 2. The predicted octanol–water partition coefficient (Wildman–Crippen LogP) is 2.79. The summed E-state index contributed by atoms with van der Waals surface area (Å²) in [5.74, 6) is 1.67. The molecule has 1 aliphatic rings. The van der Waals surface area contributed by atoms with Crippen LogP contribution in [0.4, 0.5) is 0 Å². The average molecular weight is 231 g/mol. The average Bonchev–Trinajstić information content (AvgIpc) is 2.39. The molecule has 2 heteroatoms. The standard InChI is InChI=1S/C15H21NO/c1-2-6-14-8-3-4-9-15(14)17-12-13-7-5-10-16-11-13/h2-4,8-9,13,16H,1,5-7,10-12H2/t13-/m1/s1. The van der Waals surface area contributed by atoms with Crippen LogP contribution in [0.2, 0.25) is 0 Å². The molecule has 0 amide bonds. The van der Waals surface area contributed by atoms with Gasteiger partial charge in [-0.05, 0) is 37.4 Å². The third kappa shape index (κ3) is 3.60. The largest absolute Gasteiger partial charge is 0.493 e. The second kappa shape index (κ2) is 6.45. The number of para-hydroxylation sites is 1. The summed E-state index contributed by atoms with van der Waals surface area (Å²) in [4.78, 5) is 0. The number of hydrogen-bond donors (Lipinski definition) is 1. The van der Waals surface area contributed by atoms with Crippen LogP contribution in [0.15, 0.2) is 36.9 Å². The SMILES string of the molecule is C=CCc1ccccc1OC[C@@H]1CCCNC1. The van der Waals surface area contributed by atoms with Crippen LogP contribution in [-0.2, 0) is 6.42 Å². The van der Waals surface area contributed by atoms with E-state index < -0.39 is 0 Å². The van der Waals surface area contributed by atoms with E-state index in [-0.39, 0.29) is 0 Å². The zero-order valence-electron chi connectivity index (χ0n) is 10.3. The molecule has 2 rings (SSSR count). The zero-order chi connectivity index (χ0) is 11.9. The minimum absolute atomic E-state index is 0.653. The first-order valence-electron chi connectivity index (χ1n) is 6.42. The van der Waals surface area contributed by atoms with Gasteiger partial charge in [-0.3, -0.25) is 0 Å². The summed E-state index contributed by atoms with van der Waals surface area (Å²) >= 11 is 0. The van der Waals surface area contributed by atoms with Gasteiger partial charge in [-0.15, -0.1) is 6.58 Å². The Labute approximate surface area is 104 Å². The second-order valence-corrected chi connectivity index (χ2v) is 4.62. The van der Waals surface area contributed by atoms with Gasteiger partial charge in [-0.2, -0.15) is 0 Å². The van der Waals surface area contributed by atoms with Gasteiger partial charge in [-0.1, -0.05) is 24.3 Å². The Kier molecular flexibility index (Phi) is 4.63. The summed E-state index contributed by atoms with van der Waals surface area (Å²) in [6.45, 7) is 6.85. The molecule has 92 valence electrons. The summed E-state index contributed by atoms with van der Waals surface area (Å²) in [5, 5.41) is 3.41. The molecule has 17 heavy (non-hydrogen) atoms.